The maximum Gasteiger partial charge on any atom is 0.276 e. The Morgan fingerprint density at radius 3 is 2.81 bits per heavy atom. The molecule has 4 rings (SSSR count). The Morgan fingerprint density at radius 1 is 1.31 bits per heavy atom. The van der Waals surface area contributed by atoms with Crippen molar-refractivity contribution in [3.05, 3.63) is 17.8 Å². The van der Waals surface area contributed by atoms with E-state index in [4.69, 9.17) is 4.42 Å². The van der Waals surface area contributed by atoms with Crippen molar-refractivity contribution < 1.29 is 14.0 Å². The van der Waals surface area contributed by atoms with Crippen LogP contribution in [0.4, 0.5) is 0 Å². The first-order chi connectivity index (χ1) is 12.5. The smallest absolute Gasteiger partial charge is 0.276 e. The average Bonchev–Trinajstić information content (AvgIpc) is 3.38. The van der Waals surface area contributed by atoms with Gasteiger partial charge in [-0.2, -0.15) is 0 Å². The van der Waals surface area contributed by atoms with Crippen LogP contribution in [0, 0.1) is 12.8 Å². The van der Waals surface area contributed by atoms with Crippen molar-refractivity contribution in [3.8, 4) is 0 Å². The summed E-state index contributed by atoms with van der Waals surface area (Å²) in [6, 6.07) is 0. The number of oxazole rings is 1. The summed E-state index contributed by atoms with van der Waals surface area (Å²) in [7, 11) is 2.13. The lowest BCUT2D eigenvalue weighted by Crippen LogP contribution is -2.62. The molecule has 7 nitrogen and oxygen atoms in total. The van der Waals surface area contributed by atoms with Gasteiger partial charge in [0.1, 0.15) is 5.76 Å². The van der Waals surface area contributed by atoms with Gasteiger partial charge in [-0.3, -0.25) is 14.5 Å². The van der Waals surface area contributed by atoms with Gasteiger partial charge in [-0.25, -0.2) is 4.98 Å². The summed E-state index contributed by atoms with van der Waals surface area (Å²) < 4.78 is 5.21. The molecule has 1 saturated carbocycles. The highest BCUT2D eigenvalue weighted by molar-refractivity contribution is 5.93. The number of aromatic nitrogens is 1. The van der Waals surface area contributed by atoms with Crippen LogP contribution in [-0.2, 0) is 4.79 Å². The van der Waals surface area contributed by atoms with Gasteiger partial charge in [-0.15, -0.1) is 0 Å². The molecule has 0 N–H and O–H groups in total. The summed E-state index contributed by atoms with van der Waals surface area (Å²) in [6.07, 6.45) is 6.15. The van der Waals surface area contributed by atoms with Crippen LogP contribution in [-0.4, -0.2) is 76.8 Å². The van der Waals surface area contributed by atoms with Crippen LogP contribution in [0.1, 0.15) is 48.4 Å². The van der Waals surface area contributed by atoms with Crippen LogP contribution in [0.5, 0.6) is 0 Å². The normalized spacial score (nSPS) is 27.8. The van der Waals surface area contributed by atoms with Crippen LogP contribution in [0.3, 0.4) is 0 Å². The van der Waals surface area contributed by atoms with Crippen molar-refractivity contribution in [2.75, 3.05) is 39.8 Å². The largest absolute Gasteiger partial charge is 0.448 e. The fraction of sp³-hybridized carbons (Fsp3) is 0.737. The van der Waals surface area contributed by atoms with Crippen molar-refractivity contribution in [1.29, 1.82) is 0 Å². The monoisotopic (exact) mass is 360 g/mol. The fourth-order valence-electron chi connectivity index (χ4n) is 4.33. The number of nitrogens with zero attached hydrogens (tertiary/aromatic N) is 4. The Labute approximate surface area is 154 Å². The number of carbonyl (C=O) groups excluding carboxylic acids is 2. The minimum atomic E-state index is -0.125. The van der Waals surface area contributed by atoms with E-state index in [1.807, 2.05) is 4.90 Å². The summed E-state index contributed by atoms with van der Waals surface area (Å²) in [5, 5.41) is 0. The Bertz CT molecular complexity index is 699. The zero-order chi connectivity index (χ0) is 18.3. The van der Waals surface area contributed by atoms with E-state index in [-0.39, 0.29) is 17.4 Å². The molecule has 3 heterocycles. The van der Waals surface area contributed by atoms with Crippen LogP contribution in [0.25, 0.3) is 0 Å². The molecule has 3 aliphatic rings. The second-order valence-electron chi connectivity index (χ2n) is 8.16. The summed E-state index contributed by atoms with van der Waals surface area (Å²) in [5.74, 6) is 1.49. The van der Waals surface area contributed by atoms with Crippen LogP contribution >= 0.6 is 0 Å². The number of aryl methyl sites for hydroxylation is 1. The Kier molecular flexibility index (Phi) is 4.50. The predicted octanol–water partition coefficient (Wildman–Crippen LogP) is 1.53. The lowest BCUT2D eigenvalue weighted by Gasteiger charge is -2.49. The van der Waals surface area contributed by atoms with E-state index in [0.717, 1.165) is 32.5 Å². The Balaban J connectivity index is 1.49. The molecule has 1 aliphatic carbocycles. The third-order valence-electron chi connectivity index (χ3n) is 6.41. The highest BCUT2D eigenvalue weighted by Crippen LogP contribution is 2.35. The van der Waals surface area contributed by atoms with Gasteiger partial charge in [0.2, 0.25) is 5.91 Å². The minimum Gasteiger partial charge on any atom is -0.448 e. The zero-order valence-corrected chi connectivity index (χ0v) is 15.7. The standard InChI is InChI=1S/C19H28N4O3/c1-14-17(20-13-26-14)18(25)23-10-9-21(2)19(12-23)6-5-16(24)22(8-7-19)11-15-3-4-15/h13,15H,3-12H2,1-2H3/t19-/m0/s1. The SMILES string of the molecule is Cc1ocnc1C(=O)N1CCN(C)[C@]2(CCC(=O)N(CC3CC3)CC2)C1. The zero-order valence-electron chi connectivity index (χ0n) is 15.7. The van der Waals surface area contributed by atoms with Crippen molar-refractivity contribution in [3.63, 3.8) is 0 Å². The van der Waals surface area contributed by atoms with E-state index in [1.54, 1.807) is 6.92 Å². The molecule has 1 atom stereocenters. The molecule has 2 amide bonds. The fourth-order valence-corrected chi connectivity index (χ4v) is 4.33. The molecule has 7 heteroatoms. The summed E-state index contributed by atoms with van der Waals surface area (Å²) in [5.41, 5.74) is 0.282. The molecule has 26 heavy (non-hydrogen) atoms. The second kappa shape index (κ2) is 6.68. The number of carbonyl (C=O) groups is 2. The van der Waals surface area contributed by atoms with Crippen molar-refractivity contribution >= 4 is 11.8 Å². The second-order valence-corrected chi connectivity index (χ2v) is 8.16. The lowest BCUT2D eigenvalue weighted by molar-refractivity contribution is -0.130. The maximum atomic E-state index is 12.9. The molecule has 1 spiro atoms. The van der Waals surface area contributed by atoms with E-state index in [1.165, 1.54) is 19.2 Å². The van der Waals surface area contributed by atoms with Crippen molar-refractivity contribution in [1.82, 2.24) is 19.7 Å². The predicted molar refractivity (Wildman–Crippen MR) is 95.7 cm³/mol. The van der Waals surface area contributed by atoms with Crippen molar-refractivity contribution in [2.45, 2.75) is 44.6 Å². The first-order valence-electron chi connectivity index (χ1n) is 9.67. The number of hydrogen-bond donors (Lipinski definition) is 0. The molecule has 0 radical (unpaired) electrons. The molecule has 1 aromatic heterocycles. The van der Waals surface area contributed by atoms with E-state index >= 15 is 0 Å². The number of rotatable bonds is 3. The van der Waals surface area contributed by atoms with Gasteiger partial charge in [-0.05, 0) is 45.6 Å². The summed E-state index contributed by atoms with van der Waals surface area (Å²) in [6.45, 7) is 5.64. The molecule has 0 unspecified atom stereocenters. The van der Waals surface area contributed by atoms with Gasteiger partial charge < -0.3 is 14.2 Å². The van der Waals surface area contributed by atoms with Gasteiger partial charge in [0, 0.05) is 44.7 Å². The third-order valence-corrected chi connectivity index (χ3v) is 6.41. The van der Waals surface area contributed by atoms with Gasteiger partial charge in [0.15, 0.2) is 12.1 Å². The number of likely N-dealkylation sites (tertiary alicyclic amines) is 1. The highest BCUT2D eigenvalue weighted by atomic mass is 16.3. The molecule has 3 fully saturated rings. The molecule has 0 bridgehead atoms. The molecular weight excluding hydrogens is 332 g/mol. The quantitative estimate of drug-likeness (QED) is 0.818. The van der Waals surface area contributed by atoms with Crippen LogP contribution in [0.2, 0.25) is 0 Å². The van der Waals surface area contributed by atoms with Gasteiger partial charge in [-0.1, -0.05) is 0 Å². The van der Waals surface area contributed by atoms with E-state index in [0.29, 0.717) is 36.9 Å². The first-order valence-corrected chi connectivity index (χ1v) is 9.67. The van der Waals surface area contributed by atoms with Gasteiger partial charge >= 0.3 is 0 Å². The topological polar surface area (TPSA) is 69.9 Å². The number of amides is 2. The molecular formula is C19H28N4O3. The molecule has 0 aromatic carbocycles. The molecule has 2 aliphatic heterocycles. The molecule has 142 valence electrons. The Morgan fingerprint density at radius 2 is 2.12 bits per heavy atom. The number of likely N-dealkylation sites (N-methyl/N-ethyl adjacent to an activating group) is 1. The van der Waals surface area contributed by atoms with Gasteiger partial charge in [0.25, 0.3) is 5.91 Å². The van der Waals surface area contributed by atoms with E-state index in [9.17, 15) is 9.59 Å². The maximum absolute atomic E-state index is 12.9. The van der Waals surface area contributed by atoms with E-state index in [2.05, 4.69) is 21.8 Å². The lowest BCUT2D eigenvalue weighted by atomic mass is 9.86. The van der Waals surface area contributed by atoms with Crippen molar-refractivity contribution in [2.24, 2.45) is 5.92 Å². The molecule has 2 saturated heterocycles. The van der Waals surface area contributed by atoms with Crippen LogP contribution < -0.4 is 0 Å². The van der Waals surface area contributed by atoms with Gasteiger partial charge in [0.05, 0.1) is 0 Å². The van der Waals surface area contributed by atoms with E-state index < -0.39 is 0 Å². The number of piperazine rings is 1. The number of hydrogen-bond acceptors (Lipinski definition) is 5. The first kappa shape index (κ1) is 17.5. The Hall–Kier alpha value is -1.89. The minimum absolute atomic E-state index is 0.0610. The summed E-state index contributed by atoms with van der Waals surface area (Å²) in [4.78, 5) is 35.9. The third kappa shape index (κ3) is 3.24. The summed E-state index contributed by atoms with van der Waals surface area (Å²) >= 11 is 0. The van der Waals surface area contributed by atoms with Crippen LogP contribution in [0.15, 0.2) is 10.8 Å². The highest BCUT2D eigenvalue weighted by Gasteiger charge is 2.44. The molecule has 1 aromatic rings. The average molecular weight is 360 g/mol.